The Bertz CT molecular complexity index is 1270. The molecule has 0 aliphatic heterocycles. The minimum absolute atomic E-state index is 0.109. The fourth-order valence-electron chi connectivity index (χ4n) is 5.59. The SMILES string of the molecule is CCCc1ccc(-c2ccccc2-n2cc(C(C)(C)C)cc2C2CCC=C(C3=CCCC=C3)C2)[nH]1. The highest BCUT2D eigenvalue weighted by Gasteiger charge is 2.26. The Labute approximate surface area is 211 Å². The second-order valence-corrected chi connectivity index (χ2v) is 11.3. The summed E-state index contributed by atoms with van der Waals surface area (Å²) in [6, 6.07) is 15.9. The third kappa shape index (κ3) is 5.03. The number of para-hydroxylation sites is 1. The van der Waals surface area contributed by atoms with Crippen molar-refractivity contribution in [2.45, 2.75) is 84.0 Å². The molecule has 182 valence electrons. The Kier molecular flexibility index (Phi) is 6.73. The van der Waals surface area contributed by atoms with E-state index in [2.05, 4.69) is 110 Å². The van der Waals surface area contributed by atoms with Gasteiger partial charge in [0.2, 0.25) is 0 Å². The summed E-state index contributed by atoms with van der Waals surface area (Å²) in [6.07, 6.45) is 20.1. The van der Waals surface area contributed by atoms with Gasteiger partial charge in [-0.2, -0.15) is 0 Å². The molecule has 1 aromatic carbocycles. The topological polar surface area (TPSA) is 20.7 Å². The molecule has 5 rings (SSSR count). The standard InChI is InChI=1S/C33H40N2/c1-5-12-28-19-20-30(34-28)29-17-9-10-18-31(29)35-23-27(33(2,3)4)22-32(35)26-16-11-15-25(21-26)24-13-7-6-8-14-24/h7,9-10,13-15,17-20,22-23,26,34H,5-6,8,11-12,16,21H2,1-4H3. The van der Waals surface area contributed by atoms with Crippen molar-refractivity contribution < 1.29 is 0 Å². The number of allylic oxidation sites excluding steroid dienone is 6. The number of aryl methyl sites for hydroxylation is 1. The van der Waals surface area contributed by atoms with Crippen LogP contribution in [0.4, 0.5) is 0 Å². The molecule has 2 aromatic heterocycles. The average molecular weight is 465 g/mol. The van der Waals surface area contributed by atoms with Crippen LogP contribution >= 0.6 is 0 Å². The molecule has 0 saturated heterocycles. The van der Waals surface area contributed by atoms with E-state index < -0.39 is 0 Å². The van der Waals surface area contributed by atoms with E-state index in [9.17, 15) is 0 Å². The fraction of sp³-hybridized carbons (Fsp3) is 0.394. The van der Waals surface area contributed by atoms with Crippen molar-refractivity contribution in [3.05, 3.63) is 101 Å². The van der Waals surface area contributed by atoms with Crippen LogP contribution in [0, 0.1) is 0 Å². The lowest BCUT2D eigenvalue weighted by molar-refractivity contribution is 0.575. The molecule has 0 radical (unpaired) electrons. The Morgan fingerprint density at radius 2 is 1.86 bits per heavy atom. The van der Waals surface area contributed by atoms with Crippen LogP contribution in [0.2, 0.25) is 0 Å². The van der Waals surface area contributed by atoms with Gasteiger partial charge in [-0.25, -0.2) is 0 Å². The lowest BCUT2D eigenvalue weighted by Gasteiger charge is -2.26. The zero-order valence-corrected chi connectivity index (χ0v) is 21.9. The molecule has 2 aliphatic rings. The number of aromatic nitrogens is 2. The van der Waals surface area contributed by atoms with Crippen molar-refractivity contribution in [3.63, 3.8) is 0 Å². The van der Waals surface area contributed by atoms with Crippen LogP contribution in [-0.4, -0.2) is 9.55 Å². The van der Waals surface area contributed by atoms with Crippen LogP contribution < -0.4 is 0 Å². The molecule has 0 saturated carbocycles. The highest BCUT2D eigenvalue weighted by atomic mass is 15.0. The lowest BCUT2D eigenvalue weighted by atomic mass is 9.81. The van der Waals surface area contributed by atoms with E-state index in [0.29, 0.717) is 5.92 Å². The molecule has 2 heteroatoms. The molecule has 3 aromatic rings. The molecule has 2 heterocycles. The van der Waals surface area contributed by atoms with Gasteiger partial charge in [-0.1, -0.05) is 76.6 Å². The molecular weight excluding hydrogens is 424 g/mol. The maximum atomic E-state index is 3.69. The second kappa shape index (κ2) is 9.93. The number of hydrogen-bond acceptors (Lipinski definition) is 0. The Morgan fingerprint density at radius 1 is 1.00 bits per heavy atom. The first kappa shape index (κ1) is 23.7. The van der Waals surface area contributed by atoms with E-state index in [-0.39, 0.29) is 5.41 Å². The molecule has 0 fully saturated rings. The number of benzene rings is 1. The maximum absolute atomic E-state index is 3.69. The number of H-pyrrole nitrogens is 1. The summed E-state index contributed by atoms with van der Waals surface area (Å²) in [5.41, 5.74) is 11.0. The van der Waals surface area contributed by atoms with E-state index >= 15 is 0 Å². The maximum Gasteiger partial charge on any atom is 0.0545 e. The van der Waals surface area contributed by atoms with Gasteiger partial charge in [0.05, 0.1) is 5.69 Å². The molecule has 2 aliphatic carbocycles. The predicted molar refractivity (Wildman–Crippen MR) is 149 cm³/mol. The highest BCUT2D eigenvalue weighted by molar-refractivity contribution is 5.71. The molecule has 1 atom stereocenters. The van der Waals surface area contributed by atoms with Gasteiger partial charge in [-0.3, -0.25) is 0 Å². The molecule has 2 nitrogen and oxygen atoms in total. The summed E-state index contributed by atoms with van der Waals surface area (Å²) < 4.78 is 2.51. The van der Waals surface area contributed by atoms with E-state index in [1.54, 1.807) is 0 Å². The van der Waals surface area contributed by atoms with Crippen molar-refractivity contribution in [1.29, 1.82) is 0 Å². The summed E-state index contributed by atoms with van der Waals surface area (Å²) >= 11 is 0. The first-order chi connectivity index (χ1) is 16.9. The highest BCUT2D eigenvalue weighted by Crippen LogP contribution is 2.41. The minimum Gasteiger partial charge on any atom is -0.358 e. The zero-order chi connectivity index (χ0) is 24.4. The van der Waals surface area contributed by atoms with E-state index in [4.69, 9.17) is 0 Å². The van der Waals surface area contributed by atoms with Gasteiger partial charge in [0, 0.05) is 34.8 Å². The van der Waals surface area contributed by atoms with Gasteiger partial charge in [-0.15, -0.1) is 0 Å². The van der Waals surface area contributed by atoms with E-state index in [1.165, 1.54) is 64.3 Å². The molecule has 1 N–H and O–H groups in total. The van der Waals surface area contributed by atoms with Crippen molar-refractivity contribution in [1.82, 2.24) is 9.55 Å². The van der Waals surface area contributed by atoms with Crippen molar-refractivity contribution >= 4 is 0 Å². The monoisotopic (exact) mass is 464 g/mol. The Hall–Kier alpha value is -3.00. The molecule has 35 heavy (non-hydrogen) atoms. The van der Waals surface area contributed by atoms with Gasteiger partial charge in [0.1, 0.15) is 0 Å². The normalized spacial score (nSPS) is 18.5. The molecule has 0 amide bonds. The molecule has 1 unspecified atom stereocenters. The molecular formula is C33H40N2. The largest absolute Gasteiger partial charge is 0.358 e. The quantitative estimate of drug-likeness (QED) is 0.375. The van der Waals surface area contributed by atoms with Gasteiger partial charge >= 0.3 is 0 Å². The summed E-state index contributed by atoms with van der Waals surface area (Å²) in [4.78, 5) is 3.69. The van der Waals surface area contributed by atoms with E-state index in [1.807, 2.05) is 0 Å². The van der Waals surface area contributed by atoms with Gasteiger partial charge in [0.25, 0.3) is 0 Å². The van der Waals surface area contributed by atoms with Gasteiger partial charge < -0.3 is 9.55 Å². The summed E-state index contributed by atoms with van der Waals surface area (Å²) in [7, 11) is 0. The van der Waals surface area contributed by atoms with Crippen LogP contribution in [0.25, 0.3) is 16.9 Å². The summed E-state index contributed by atoms with van der Waals surface area (Å²) in [6.45, 7) is 9.22. The first-order valence-corrected chi connectivity index (χ1v) is 13.5. The van der Waals surface area contributed by atoms with Crippen LogP contribution in [0.3, 0.4) is 0 Å². The fourth-order valence-corrected chi connectivity index (χ4v) is 5.59. The summed E-state index contributed by atoms with van der Waals surface area (Å²) in [5.74, 6) is 0.523. The van der Waals surface area contributed by atoms with Crippen LogP contribution in [0.15, 0.2) is 84.1 Å². The van der Waals surface area contributed by atoms with Crippen molar-refractivity contribution in [2.75, 3.05) is 0 Å². The van der Waals surface area contributed by atoms with Crippen LogP contribution in [0.5, 0.6) is 0 Å². The van der Waals surface area contributed by atoms with Crippen LogP contribution in [-0.2, 0) is 11.8 Å². The minimum atomic E-state index is 0.109. The van der Waals surface area contributed by atoms with Crippen LogP contribution in [0.1, 0.15) is 89.1 Å². The molecule has 0 bridgehead atoms. The average Bonchev–Trinajstić information content (AvgIpc) is 3.53. The number of aromatic amines is 1. The number of nitrogens with one attached hydrogen (secondary N) is 1. The lowest BCUT2D eigenvalue weighted by Crippen LogP contribution is -2.11. The van der Waals surface area contributed by atoms with Crippen molar-refractivity contribution in [2.24, 2.45) is 0 Å². The smallest absolute Gasteiger partial charge is 0.0545 e. The third-order valence-electron chi connectivity index (χ3n) is 7.59. The molecule has 0 spiro atoms. The Morgan fingerprint density at radius 3 is 2.63 bits per heavy atom. The third-order valence-corrected chi connectivity index (χ3v) is 7.59. The Balaban J connectivity index is 1.57. The predicted octanol–water partition coefficient (Wildman–Crippen LogP) is 9.19. The number of rotatable bonds is 6. The summed E-state index contributed by atoms with van der Waals surface area (Å²) in [5, 5.41) is 0. The van der Waals surface area contributed by atoms with Gasteiger partial charge in [0.15, 0.2) is 0 Å². The zero-order valence-electron chi connectivity index (χ0n) is 21.9. The number of nitrogens with zero attached hydrogens (tertiary/aromatic N) is 1. The van der Waals surface area contributed by atoms with Crippen molar-refractivity contribution in [3.8, 4) is 16.9 Å². The second-order valence-electron chi connectivity index (χ2n) is 11.3. The van der Waals surface area contributed by atoms with E-state index in [0.717, 1.165) is 25.7 Å². The number of hydrogen-bond donors (Lipinski definition) is 1. The first-order valence-electron chi connectivity index (χ1n) is 13.5. The van der Waals surface area contributed by atoms with Gasteiger partial charge in [-0.05, 0) is 84.9 Å².